The zero-order chi connectivity index (χ0) is 16.7. The number of rotatable bonds is 8. The SMILES string of the molecule is Cl.O=S(=O)(NCCC1CCCNC1)c1ccc(OCC(F)F)cc1. The van der Waals surface area contributed by atoms with Crippen molar-refractivity contribution < 1.29 is 21.9 Å². The van der Waals surface area contributed by atoms with Crippen LogP contribution in [-0.2, 0) is 10.0 Å². The van der Waals surface area contributed by atoms with Gasteiger partial charge in [0.2, 0.25) is 10.0 Å². The van der Waals surface area contributed by atoms with Crippen LogP contribution in [0.15, 0.2) is 29.2 Å². The van der Waals surface area contributed by atoms with Gasteiger partial charge in [-0.05, 0) is 62.5 Å². The summed E-state index contributed by atoms with van der Waals surface area (Å²) >= 11 is 0. The van der Waals surface area contributed by atoms with E-state index in [-0.39, 0.29) is 23.1 Å². The van der Waals surface area contributed by atoms with Crippen molar-refractivity contribution in [1.82, 2.24) is 10.0 Å². The highest BCUT2D eigenvalue weighted by atomic mass is 35.5. The Bertz CT molecular complexity index is 579. The average molecular weight is 385 g/mol. The third kappa shape index (κ3) is 6.88. The molecule has 0 saturated carbocycles. The number of hydrogen-bond acceptors (Lipinski definition) is 4. The lowest BCUT2D eigenvalue weighted by atomic mass is 9.96. The van der Waals surface area contributed by atoms with Crippen LogP contribution in [0, 0.1) is 5.92 Å². The molecule has 24 heavy (non-hydrogen) atoms. The second-order valence-electron chi connectivity index (χ2n) is 5.57. The molecular formula is C15H23ClF2N2O3S. The second-order valence-corrected chi connectivity index (χ2v) is 7.34. The highest BCUT2D eigenvalue weighted by molar-refractivity contribution is 7.89. The molecule has 1 aliphatic heterocycles. The van der Waals surface area contributed by atoms with Crippen LogP contribution in [0.5, 0.6) is 5.75 Å². The second kappa shape index (κ2) is 10.1. The molecule has 1 atom stereocenters. The van der Waals surface area contributed by atoms with Crippen LogP contribution in [0.2, 0.25) is 0 Å². The molecular weight excluding hydrogens is 362 g/mol. The van der Waals surface area contributed by atoms with Crippen molar-refractivity contribution in [2.24, 2.45) is 5.92 Å². The van der Waals surface area contributed by atoms with E-state index in [4.69, 9.17) is 4.74 Å². The molecule has 1 saturated heterocycles. The number of ether oxygens (including phenoxy) is 1. The van der Waals surface area contributed by atoms with E-state index in [0.29, 0.717) is 12.5 Å². The van der Waals surface area contributed by atoms with Crippen molar-refractivity contribution >= 4 is 22.4 Å². The van der Waals surface area contributed by atoms with Gasteiger partial charge in [0.05, 0.1) is 4.90 Å². The van der Waals surface area contributed by atoms with Crippen LogP contribution in [-0.4, -0.2) is 41.1 Å². The lowest BCUT2D eigenvalue weighted by Crippen LogP contribution is -2.33. The van der Waals surface area contributed by atoms with Gasteiger partial charge in [0, 0.05) is 6.54 Å². The predicted molar refractivity (Wildman–Crippen MR) is 90.6 cm³/mol. The maximum atomic E-state index is 12.2. The Kier molecular flexibility index (Phi) is 8.90. The smallest absolute Gasteiger partial charge is 0.272 e. The Morgan fingerprint density at radius 2 is 2.00 bits per heavy atom. The Balaban J connectivity index is 0.00000288. The summed E-state index contributed by atoms with van der Waals surface area (Å²) in [6, 6.07) is 5.46. The van der Waals surface area contributed by atoms with Crippen LogP contribution >= 0.6 is 12.4 Å². The van der Waals surface area contributed by atoms with Crippen molar-refractivity contribution in [2.75, 3.05) is 26.2 Å². The van der Waals surface area contributed by atoms with Crippen molar-refractivity contribution in [3.8, 4) is 5.75 Å². The number of alkyl halides is 2. The van der Waals surface area contributed by atoms with Crippen LogP contribution < -0.4 is 14.8 Å². The van der Waals surface area contributed by atoms with E-state index >= 15 is 0 Å². The van der Waals surface area contributed by atoms with Gasteiger partial charge < -0.3 is 10.1 Å². The molecule has 0 aromatic heterocycles. The predicted octanol–water partition coefficient (Wildman–Crippen LogP) is 2.42. The fourth-order valence-electron chi connectivity index (χ4n) is 2.53. The van der Waals surface area contributed by atoms with Gasteiger partial charge in [0.25, 0.3) is 6.43 Å². The zero-order valence-corrected chi connectivity index (χ0v) is 14.8. The van der Waals surface area contributed by atoms with Gasteiger partial charge >= 0.3 is 0 Å². The molecule has 0 aliphatic carbocycles. The minimum absolute atomic E-state index is 0. The molecule has 2 rings (SSSR count). The first-order valence-electron chi connectivity index (χ1n) is 7.69. The van der Waals surface area contributed by atoms with E-state index in [1.807, 2.05) is 0 Å². The molecule has 1 unspecified atom stereocenters. The summed E-state index contributed by atoms with van der Waals surface area (Å²) in [6.07, 6.45) is 0.471. The number of sulfonamides is 1. The van der Waals surface area contributed by atoms with Crippen molar-refractivity contribution in [2.45, 2.75) is 30.6 Å². The van der Waals surface area contributed by atoms with E-state index in [2.05, 4.69) is 10.0 Å². The van der Waals surface area contributed by atoms with Crippen LogP contribution in [0.4, 0.5) is 8.78 Å². The monoisotopic (exact) mass is 384 g/mol. The Hall–Kier alpha value is -0.960. The summed E-state index contributed by atoms with van der Waals surface area (Å²) in [5.41, 5.74) is 0. The minimum atomic E-state index is -3.58. The van der Waals surface area contributed by atoms with E-state index in [9.17, 15) is 17.2 Å². The van der Waals surface area contributed by atoms with Crippen LogP contribution in [0.25, 0.3) is 0 Å². The lowest BCUT2D eigenvalue weighted by molar-refractivity contribution is 0.0819. The maximum Gasteiger partial charge on any atom is 0.272 e. The van der Waals surface area contributed by atoms with Crippen molar-refractivity contribution in [3.05, 3.63) is 24.3 Å². The number of piperidine rings is 1. The number of halogens is 3. The molecule has 1 aromatic carbocycles. The number of hydrogen-bond donors (Lipinski definition) is 2. The standard InChI is InChI=1S/C15H22F2N2O3S.ClH/c16-15(17)11-22-13-3-5-14(6-4-13)23(20,21)19-9-7-12-2-1-8-18-10-12;/h3-6,12,15,18-19H,1-2,7-11H2;1H. The summed E-state index contributed by atoms with van der Waals surface area (Å²) < 4.78 is 55.8. The summed E-state index contributed by atoms with van der Waals surface area (Å²) in [5, 5.41) is 3.30. The molecule has 9 heteroatoms. The van der Waals surface area contributed by atoms with Crippen molar-refractivity contribution in [3.63, 3.8) is 0 Å². The van der Waals surface area contributed by atoms with E-state index < -0.39 is 23.1 Å². The number of nitrogens with one attached hydrogen (secondary N) is 2. The highest BCUT2D eigenvalue weighted by Crippen LogP contribution is 2.17. The summed E-state index contributed by atoms with van der Waals surface area (Å²) in [4.78, 5) is 0.101. The molecule has 0 amide bonds. The molecule has 138 valence electrons. The third-order valence-electron chi connectivity index (χ3n) is 3.75. The lowest BCUT2D eigenvalue weighted by Gasteiger charge is -2.22. The first-order valence-corrected chi connectivity index (χ1v) is 9.17. The maximum absolute atomic E-state index is 12.2. The fourth-order valence-corrected chi connectivity index (χ4v) is 3.57. The van der Waals surface area contributed by atoms with E-state index in [0.717, 1.165) is 32.4 Å². The fraction of sp³-hybridized carbons (Fsp3) is 0.600. The molecule has 1 heterocycles. The summed E-state index contributed by atoms with van der Waals surface area (Å²) in [6.45, 7) is 1.64. The Labute approximate surface area is 147 Å². The van der Waals surface area contributed by atoms with E-state index in [1.54, 1.807) is 0 Å². The van der Waals surface area contributed by atoms with Gasteiger partial charge in [0.1, 0.15) is 12.4 Å². The highest BCUT2D eigenvalue weighted by Gasteiger charge is 2.17. The van der Waals surface area contributed by atoms with Crippen LogP contribution in [0.3, 0.4) is 0 Å². The van der Waals surface area contributed by atoms with Gasteiger partial charge in [0.15, 0.2) is 0 Å². The largest absolute Gasteiger partial charge is 0.488 e. The zero-order valence-electron chi connectivity index (χ0n) is 13.2. The van der Waals surface area contributed by atoms with Crippen molar-refractivity contribution in [1.29, 1.82) is 0 Å². The van der Waals surface area contributed by atoms with Crippen LogP contribution in [0.1, 0.15) is 19.3 Å². The minimum Gasteiger partial charge on any atom is -0.488 e. The molecule has 1 aromatic rings. The molecule has 1 fully saturated rings. The Morgan fingerprint density at radius 3 is 2.58 bits per heavy atom. The van der Waals surface area contributed by atoms with Gasteiger partial charge in [-0.2, -0.15) is 0 Å². The topological polar surface area (TPSA) is 67.4 Å². The first-order chi connectivity index (χ1) is 11.0. The third-order valence-corrected chi connectivity index (χ3v) is 5.23. The normalized spacial score (nSPS) is 18.2. The number of benzene rings is 1. The average Bonchev–Trinajstić information content (AvgIpc) is 2.54. The molecule has 2 N–H and O–H groups in total. The van der Waals surface area contributed by atoms with Gasteiger partial charge in [-0.25, -0.2) is 21.9 Å². The van der Waals surface area contributed by atoms with Gasteiger partial charge in [-0.1, -0.05) is 0 Å². The summed E-state index contributed by atoms with van der Waals surface area (Å²) in [7, 11) is -3.58. The summed E-state index contributed by atoms with van der Waals surface area (Å²) in [5.74, 6) is 0.717. The molecule has 1 aliphatic rings. The molecule has 0 spiro atoms. The first kappa shape index (κ1) is 21.1. The molecule has 0 bridgehead atoms. The van der Waals surface area contributed by atoms with E-state index in [1.165, 1.54) is 24.3 Å². The molecule has 0 radical (unpaired) electrons. The molecule has 5 nitrogen and oxygen atoms in total. The quantitative estimate of drug-likeness (QED) is 0.722. The van der Waals surface area contributed by atoms with Gasteiger partial charge in [-0.3, -0.25) is 0 Å². The Morgan fingerprint density at radius 1 is 1.29 bits per heavy atom. The van der Waals surface area contributed by atoms with Gasteiger partial charge in [-0.15, -0.1) is 12.4 Å².